The van der Waals surface area contributed by atoms with Gasteiger partial charge in [-0.3, -0.25) is 4.98 Å². The van der Waals surface area contributed by atoms with Gasteiger partial charge in [0.05, 0.1) is 17.9 Å². The van der Waals surface area contributed by atoms with Crippen LogP contribution in [0.3, 0.4) is 0 Å². The highest BCUT2D eigenvalue weighted by molar-refractivity contribution is 5.69. The highest BCUT2D eigenvalue weighted by Crippen LogP contribution is 2.36. The number of carbonyl (C=O) groups is 1. The second-order valence-electron chi connectivity index (χ2n) is 7.02. The van der Waals surface area contributed by atoms with Crippen molar-refractivity contribution in [2.45, 2.75) is 26.5 Å². The second kappa shape index (κ2) is 6.39. The lowest BCUT2D eigenvalue weighted by Gasteiger charge is -2.45. The molecule has 2 atom stereocenters. The summed E-state index contributed by atoms with van der Waals surface area (Å²) in [5, 5.41) is 0. The van der Waals surface area contributed by atoms with Crippen molar-refractivity contribution < 1.29 is 9.53 Å². The van der Waals surface area contributed by atoms with E-state index < -0.39 is 0 Å². The lowest BCUT2D eigenvalue weighted by Crippen LogP contribution is -2.55. The zero-order chi connectivity index (χ0) is 17.4. The second-order valence-corrected chi connectivity index (χ2v) is 7.02. The quantitative estimate of drug-likeness (QED) is 0.863. The van der Waals surface area contributed by atoms with E-state index in [4.69, 9.17) is 4.74 Å². The van der Waals surface area contributed by atoms with Crippen LogP contribution in [0.1, 0.15) is 16.8 Å². The molecule has 0 saturated carbocycles. The Bertz CT molecular complexity index is 778. The van der Waals surface area contributed by atoms with E-state index in [-0.39, 0.29) is 6.09 Å². The summed E-state index contributed by atoms with van der Waals surface area (Å²) in [5.74, 6) is 0.533. The maximum atomic E-state index is 12.4. The number of hydrogen-bond acceptors (Lipinski definition) is 4. The number of hydrogen-bond donors (Lipinski definition) is 0. The Morgan fingerprint density at radius 3 is 2.76 bits per heavy atom. The number of ether oxygens (including phenoxy) is 1. The van der Waals surface area contributed by atoms with Gasteiger partial charge < -0.3 is 14.5 Å². The number of nitrogens with zero attached hydrogens (tertiary/aromatic N) is 3. The van der Waals surface area contributed by atoms with Gasteiger partial charge in [0.1, 0.15) is 6.61 Å². The molecule has 3 heterocycles. The average Bonchev–Trinajstić information content (AvgIpc) is 2.94. The van der Waals surface area contributed by atoms with E-state index in [1.54, 1.807) is 0 Å². The van der Waals surface area contributed by atoms with Crippen LogP contribution in [0.25, 0.3) is 0 Å². The summed E-state index contributed by atoms with van der Waals surface area (Å²) < 4.78 is 5.47. The molecule has 25 heavy (non-hydrogen) atoms. The Morgan fingerprint density at radius 2 is 2.00 bits per heavy atom. The molecule has 1 amide bonds. The molecule has 0 unspecified atom stereocenters. The largest absolute Gasteiger partial charge is 0.445 e. The Morgan fingerprint density at radius 1 is 1.20 bits per heavy atom. The number of anilines is 1. The normalized spacial score (nSPS) is 21.7. The molecule has 2 aliphatic heterocycles. The van der Waals surface area contributed by atoms with Crippen molar-refractivity contribution in [1.29, 1.82) is 0 Å². The van der Waals surface area contributed by atoms with Crippen LogP contribution < -0.4 is 4.90 Å². The molecule has 0 bridgehead atoms. The number of amides is 1. The van der Waals surface area contributed by atoms with Crippen LogP contribution in [-0.4, -0.2) is 41.7 Å². The molecule has 2 aromatic rings. The van der Waals surface area contributed by atoms with Gasteiger partial charge in [0.2, 0.25) is 0 Å². The van der Waals surface area contributed by atoms with E-state index in [1.165, 1.54) is 5.56 Å². The molecule has 0 spiro atoms. The first-order valence-corrected chi connectivity index (χ1v) is 8.77. The maximum Gasteiger partial charge on any atom is 0.410 e. The van der Waals surface area contributed by atoms with Crippen molar-refractivity contribution in [2.75, 3.05) is 24.5 Å². The Labute approximate surface area is 148 Å². The van der Waals surface area contributed by atoms with E-state index in [9.17, 15) is 4.79 Å². The standard InChI is InChI=1S/C20H23N3O2/c1-14-8-18(9-21-15(14)2)23-11-17-10-22(12-19(17)23)20(24)25-13-16-6-4-3-5-7-16/h3-9,17,19H,10-13H2,1-2H3/t17-,19-/m0/s1. The zero-order valence-corrected chi connectivity index (χ0v) is 14.7. The van der Waals surface area contributed by atoms with Crippen LogP contribution in [0.15, 0.2) is 42.6 Å². The number of likely N-dealkylation sites (tertiary alicyclic amines) is 1. The van der Waals surface area contributed by atoms with Crippen LogP contribution >= 0.6 is 0 Å². The van der Waals surface area contributed by atoms with Crippen molar-refractivity contribution in [3.63, 3.8) is 0 Å². The number of carbonyl (C=O) groups excluding carboxylic acids is 1. The molecule has 2 aliphatic rings. The minimum atomic E-state index is -0.212. The third-order valence-electron chi connectivity index (χ3n) is 5.36. The van der Waals surface area contributed by atoms with E-state index in [1.807, 2.05) is 48.4 Å². The molecule has 5 heteroatoms. The minimum Gasteiger partial charge on any atom is -0.445 e. The van der Waals surface area contributed by atoms with Crippen molar-refractivity contribution >= 4 is 11.8 Å². The third kappa shape index (κ3) is 3.06. The topological polar surface area (TPSA) is 45.7 Å². The van der Waals surface area contributed by atoms with E-state index in [0.717, 1.165) is 36.6 Å². The molecule has 4 rings (SSSR count). The molecular formula is C20H23N3O2. The molecule has 0 aliphatic carbocycles. The van der Waals surface area contributed by atoms with Crippen LogP contribution in [0.2, 0.25) is 0 Å². The molecule has 130 valence electrons. The van der Waals surface area contributed by atoms with Crippen LogP contribution in [0, 0.1) is 19.8 Å². The van der Waals surface area contributed by atoms with Gasteiger partial charge in [-0.05, 0) is 31.0 Å². The van der Waals surface area contributed by atoms with Crippen molar-refractivity contribution in [1.82, 2.24) is 9.88 Å². The Hall–Kier alpha value is -2.56. The summed E-state index contributed by atoms with van der Waals surface area (Å²) in [4.78, 5) is 21.0. The van der Waals surface area contributed by atoms with Gasteiger partial charge in [0.25, 0.3) is 0 Å². The Kier molecular flexibility index (Phi) is 4.07. The average molecular weight is 337 g/mol. The molecule has 2 fully saturated rings. The minimum absolute atomic E-state index is 0.212. The highest BCUT2D eigenvalue weighted by Gasteiger charge is 2.47. The van der Waals surface area contributed by atoms with Gasteiger partial charge >= 0.3 is 6.09 Å². The van der Waals surface area contributed by atoms with Crippen molar-refractivity contribution in [3.05, 3.63) is 59.4 Å². The summed E-state index contributed by atoms with van der Waals surface area (Å²) in [7, 11) is 0. The summed E-state index contributed by atoms with van der Waals surface area (Å²) in [6.07, 6.45) is 1.73. The summed E-state index contributed by atoms with van der Waals surface area (Å²) in [6.45, 7) is 6.94. The summed E-state index contributed by atoms with van der Waals surface area (Å²) in [6, 6.07) is 12.4. The van der Waals surface area contributed by atoms with Crippen molar-refractivity contribution in [3.8, 4) is 0 Å². The smallest absolute Gasteiger partial charge is 0.410 e. The van der Waals surface area contributed by atoms with Gasteiger partial charge in [0, 0.05) is 31.2 Å². The lowest BCUT2D eigenvalue weighted by molar-refractivity contribution is 0.103. The van der Waals surface area contributed by atoms with E-state index >= 15 is 0 Å². The number of benzene rings is 1. The molecule has 5 nitrogen and oxygen atoms in total. The third-order valence-corrected chi connectivity index (χ3v) is 5.36. The van der Waals surface area contributed by atoms with E-state index in [2.05, 4.69) is 22.9 Å². The first-order chi connectivity index (χ1) is 12.1. The molecule has 2 saturated heterocycles. The van der Waals surface area contributed by atoms with Gasteiger partial charge in [-0.15, -0.1) is 0 Å². The number of aromatic nitrogens is 1. The SMILES string of the molecule is Cc1cc(N2C[C@@H]3CN(C(=O)OCc4ccccc4)C[C@@H]32)cnc1C. The summed E-state index contributed by atoms with van der Waals surface area (Å²) >= 11 is 0. The fraction of sp³-hybridized carbons (Fsp3) is 0.400. The first kappa shape index (κ1) is 15.9. The zero-order valence-electron chi connectivity index (χ0n) is 14.7. The van der Waals surface area contributed by atoms with Crippen LogP contribution in [0.5, 0.6) is 0 Å². The molecule has 1 aromatic carbocycles. The van der Waals surface area contributed by atoms with Crippen molar-refractivity contribution in [2.24, 2.45) is 5.92 Å². The number of pyridine rings is 1. The van der Waals surface area contributed by atoms with Gasteiger partial charge in [-0.25, -0.2) is 4.79 Å². The van der Waals surface area contributed by atoms with Crippen LogP contribution in [0.4, 0.5) is 10.5 Å². The summed E-state index contributed by atoms with van der Waals surface area (Å²) in [5.41, 5.74) is 4.45. The molecule has 0 N–H and O–H groups in total. The fourth-order valence-corrected chi connectivity index (χ4v) is 3.68. The Balaban J connectivity index is 1.35. The first-order valence-electron chi connectivity index (χ1n) is 8.77. The van der Waals surface area contributed by atoms with Gasteiger partial charge in [-0.2, -0.15) is 0 Å². The molecule has 0 radical (unpaired) electrons. The van der Waals surface area contributed by atoms with E-state index in [0.29, 0.717) is 18.6 Å². The predicted octanol–water partition coefficient (Wildman–Crippen LogP) is 3.16. The van der Waals surface area contributed by atoms with Gasteiger partial charge in [-0.1, -0.05) is 30.3 Å². The van der Waals surface area contributed by atoms with Gasteiger partial charge in [0.15, 0.2) is 0 Å². The fourth-order valence-electron chi connectivity index (χ4n) is 3.68. The van der Waals surface area contributed by atoms with Crippen LogP contribution in [-0.2, 0) is 11.3 Å². The number of rotatable bonds is 3. The number of fused-ring (bicyclic) bond motifs is 1. The monoisotopic (exact) mass is 337 g/mol. The molecular weight excluding hydrogens is 314 g/mol. The predicted molar refractivity (Wildman–Crippen MR) is 96.5 cm³/mol. The highest BCUT2D eigenvalue weighted by atomic mass is 16.6. The molecule has 1 aromatic heterocycles. The number of aryl methyl sites for hydroxylation is 2. The maximum absolute atomic E-state index is 12.4. The lowest BCUT2D eigenvalue weighted by atomic mass is 9.91.